The second-order valence-corrected chi connectivity index (χ2v) is 5.39. The van der Waals surface area contributed by atoms with E-state index in [1.165, 1.54) is 12.1 Å². The molecule has 0 radical (unpaired) electrons. The van der Waals surface area contributed by atoms with Crippen molar-refractivity contribution in [2.24, 2.45) is 5.41 Å². The van der Waals surface area contributed by atoms with Crippen LogP contribution in [0, 0.1) is 17.0 Å². The highest BCUT2D eigenvalue weighted by Crippen LogP contribution is 2.32. The first-order valence-corrected chi connectivity index (χ1v) is 6.87. The van der Waals surface area contributed by atoms with Crippen LogP contribution in [0.2, 0.25) is 0 Å². The molecule has 1 unspecified atom stereocenters. The minimum absolute atomic E-state index is 0.0471. The number of hydrogen-bond acceptors (Lipinski definition) is 2. The highest BCUT2D eigenvalue weighted by Gasteiger charge is 2.32. The summed E-state index contributed by atoms with van der Waals surface area (Å²) in [6.07, 6.45) is 2.68. The Morgan fingerprint density at radius 3 is 2.58 bits per heavy atom. The zero-order valence-corrected chi connectivity index (χ0v) is 11.3. The number of ether oxygens (including phenoxy) is 1. The van der Waals surface area contributed by atoms with E-state index < -0.39 is 11.6 Å². The Hall–Kier alpha value is -1.00. The maximum atomic E-state index is 13.3. The quantitative estimate of drug-likeness (QED) is 0.887. The van der Waals surface area contributed by atoms with Crippen molar-refractivity contribution >= 4 is 0 Å². The predicted octanol–water partition coefficient (Wildman–Crippen LogP) is 2.91. The van der Waals surface area contributed by atoms with Crippen molar-refractivity contribution in [3.8, 4) is 0 Å². The summed E-state index contributed by atoms with van der Waals surface area (Å²) in [5.74, 6) is -1.02. The monoisotopic (exact) mass is 269 g/mol. The van der Waals surface area contributed by atoms with E-state index in [-0.39, 0.29) is 5.41 Å². The van der Waals surface area contributed by atoms with E-state index in [9.17, 15) is 8.78 Å². The molecule has 1 saturated heterocycles. The van der Waals surface area contributed by atoms with Gasteiger partial charge in [-0.15, -0.1) is 0 Å². The molecular weight excluding hydrogens is 248 g/mol. The maximum absolute atomic E-state index is 13.3. The van der Waals surface area contributed by atoms with Crippen LogP contribution in [0.3, 0.4) is 0 Å². The second kappa shape index (κ2) is 6.44. The summed E-state index contributed by atoms with van der Waals surface area (Å²) in [5, 5.41) is 3.34. The smallest absolute Gasteiger partial charge is 0.126 e. The Morgan fingerprint density at radius 2 is 2.00 bits per heavy atom. The van der Waals surface area contributed by atoms with Crippen LogP contribution in [0.4, 0.5) is 8.78 Å². The van der Waals surface area contributed by atoms with Gasteiger partial charge in [-0.2, -0.15) is 0 Å². The van der Waals surface area contributed by atoms with Gasteiger partial charge in [-0.1, -0.05) is 6.92 Å². The fourth-order valence-electron chi connectivity index (χ4n) is 2.79. The summed E-state index contributed by atoms with van der Waals surface area (Å²) in [7, 11) is 0. The van der Waals surface area contributed by atoms with Crippen molar-refractivity contribution in [3.05, 3.63) is 35.4 Å². The second-order valence-electron chi connectivity index (χ2n) is 5.39. The highest BCUT2D eigenvalue weighted by atomic mass is 19.1. The molecule has 1 aliphatic heterocycles. The molecule has 0 bridgehead atoms. The van der Waals surface area contributed by atoms with Crippen LogP contribution in [0.1, 0.15) is 25.3 Å². The maximum Gasteiger partial charge on any atom is 0.126 e. The first kappa shape index (κ1) is 14.4. The van der Waals surface area contributed by atoms with E-state index in [0.29, 0.717) is 18.6 Å². The third-order valence-corrected chi connectivity index (χ3v) is 3.66. The first-order chi connectivity index (χ1) is 9.13. The number of hydrogen-bond donors (Lipinski definition) is 1. The van der Waals surface area contributed by atoms with Gasteiger partial charge in [0.1, 0.15) is 11.6 Å². The van der Waals surface area contributed by atoms with Gasteiger partial charge >= 0.3 is 0 Å². The van der Waals surface area contributed by atoms with Gasteiger partial charge in [-0.05, 0) is 43.5 Å². The van der Waals surface area contributed by atoms with Crippen LogP contribution in [-0.4, -0.2) is 26.3 Å². The molecule has 0 saturated carbocycles. The standard InChI is InChI=1S/C15H21F2NO/c1-2-18-10-15(4-3-5-19-11-15)9-12-6-13(16)8-14(17)7-12/h6-8,18H,2-5,9-11H2,1H3. The lowest BCUT2D eigenvalue weighted by atomic mass is 9.77. The molecule has 1 aliphatic rings. The first-order valence-electron chi connectivity index (χ1n) is 6.87. The van der Waals surface area contributed by atoms with Crippen LogP contribution in [0.5, 0.6) is 0 Å². The number of halogens is 2. The van der Waals surface area contributed by atoms with Gasteiger partial charge in [0.15, 0.2) is 0 Å². The van der Waals surface area contributed by atoms with E-state index in [1.54, 1.807) is 0 Å². The van der Waals surface area contributed by atoms with E-state index in [1.807, 2.05) is 0 Å². The molecule has 1 aromatic rings. The number of rotatable bonds is 5. The van der Waals surface area contributed by atoms with Crippen molar-refractivity contribution in [1.29, 1.82) is 0 Å². The van der Waals surface area contributed by atoms with Crippen LogP contribution in [0.25, 0.3) is 0 Å². The molecule has 0 spiro atoms. The molecule has 1 N–H and O–H groups in total. The van der Waals surface area contributed by atoms with Gasteiger partial charge < -0.3 is 10.1 Å². The molecular formula is C15H21F2NO. The average Bonchev–Trinajstić information content (AvgIpc) is 2.36. The van der Waals surface area contributed by atoms with Crippen LogP contribution >= 0.6 is 0 Å². The molecule has 1 aromatic carbocycles. The van der Waals surface area contributed by atoms with Crippen molar-refractivity contribution in [3.63, 3.8) is 0 Å². The zero-order chi connectivity index (χ0) is 13.7. The predicted molar refractivity (Wildman–Crippen MR) is 71.1 cm³/mol. The summed E-state index contributed by atoms with van der Waals surface area (Å²) in [4.78, 5) is 0. The third-order valence-electron chi connectivity index (χ3n) is 3.66. The van der Waals surface area contributed by atoms with Crippen molar-refractivity contribution < 1.29 is 13.5 Å². The van der Waals surface area contributed by atoms with Gasteiger partial charge in [-0.3, -0.25) is 0 Å². The lowest BCUT2D eigenvalue weighted by molar-refractivity contribution is -0.00696. The molecule has 19 heavy (non-hydrogen) atoms. The number of benzene rings is 1. The highest BCUT2D eigenvalue weighted by molar-refractivity contribution is 5.20. The Morgan fingerprint density at radius 1 is 1.26 bits per heavy atom. The lowest BCUT2D eigenvalue weighted by Gasteiger charge is -2.37. The van der Waals surface area contributed by atoms with Crippen LogP contribution < -0.4 is 5.32 Å². The molecule has 2 nitrogen and oxygen atoms in total. The molecule has 1 fully saturated rings. The average molecular weight is 269 g/mol. The molecule has 4 heteroatoms. The zero-order valence-electron chi connectivity index (χ0n) is 11.3. The molecule has 0 amide bonds. The van der Waals surface area contributed by atoms with Gasteiger partial charge in [0.2, 0.25) is 0 Å². The summed E-state index contributed by atoms with van der Waals surface area (Å²) in [6, 6.07) is 3.76. The summed E-state index contributed by atoms with van der Waals surface area (Å²) >= 11 is 0. The van der Waals surface area contributed by atoms with E-state index in [0.717, 1.165) is 38.6 Å². The van der Waals surface area contributed by atoms with Gasteiger partial charge in [0, 0.05) is 24.6 Å². The molecule has 1 heterocycles. The Balaban J connectivity index is 2.14. The van der Waals surface area contributed by atoms with Crippen molar-refractivity contribution in [1.82, 2.24) is 5.32 Å². The Kier molecular flexibility index (Phi) is 4.88. The van der Waals surface area contributed by atoms with Gasteiger partial charge in [0.05, 0.1) is 6.61 Å². The minimum Gasteiger partial charge on any atom is -0.381 e. The molecule has 2 rings (SSSR count). The van der Waals surface area contributed by atoms with E-state index in [4.69, 9.17) is 4.74 Å². The molecule has 0 aromatic heterocycles. The summed E-state index contributed by atoms with van der Waals surface area (Å²) < 4.78 is 32.1. The number of nitrogens with one attached hydrogen (secondary N) is 1. The van der Waals surface area contributed by atoms with E-state index in [2.05, 4.69) is 12.2 Å². The summed E-state index contributed by atoms with van der Waals surface area (Å²) in [5.41, 5.74) is 0.662. The third kappa shape index (κ3) is 3.98. The lowest BCUT2D eigenvalue weighted by Crippen LogP contribution is -2.42. The fourth-order valence-corrected chi connectivity index (χ4v) is 2.79. The van der Waals surface area contributed by atoms with Gasteiger partial charge in [0.25, 0.3) is 0 Å². The Labute approximate surface area is 113 Å². The SMILES string of the molecule is CCNCC1(Cc2cc(F)cc(F)c2)CCCOC1. The topological polar surface area (TPSA) is 21.3 Å². The fraction of sp³-hybridized carbons (Fsp3) is 0.600. The van der Waals surface area contributed by atoms with Crippen LogP contribution in [-0.2, 0) is 11.2 Å². The van der Waals surface area contributed by atoms with Crippen molar-refractivity contribution in [2.75, 3.05) is 26.3 Å². The summed E-state index contributed by atoms with van der Waals surface area (Å²) in [6.45, 7) is 5.20. The van der Waals surface area contributed by atoms with E-state index >= 15 is 0 Å². The largest absolute Gasteiger partial charge is 0.381 e. The van der Waals surface area contributed by atoms with Crippen molar-refractivity contribution in [2.45, 2.75) is 26.2 Å². The molecule has 106 valence electrons. The van der Waals surface area contributed by atoms with Gasteiger partial charge in [-0.25, -0.2) is 8.78 Å². The Bertz CT molecular complexity index is 396. The normalized spacial score (nSPS) is 23.5. The minimum atomic E-state index is -0.509. The molecule has 1 atom stereocenters. The van der Waals surface area contributed by atoms with Crippen LogP contribution in [0.15, 0.2) is 18.2 Å². The molecule has 0 aliphatic carbocycles.